The Morgan fingerprint density at radius 3 is 2.70 bits per heavy atom. The summed E-state index contributed by atoms with van der Waals surface area (Å²) in [5, 5.41) is 11.6. The van der Waals surface area contributed by atoms with Crippen LogP contribution in [0, 0.1) is 5.82 Å². The first-order valence-corrected chi connectivity index (χ1v) is 7.62. The van der Waals surface area contributed by atoms with Gasteiger partial charge in [-0.2, -0.15) is 0 Å². The summed E-state index contributed by atoms with van der Waals surface area (Å²) in [5.41, 5.74) is 6.46. The fourth-order valence-corrected chi connectivity index (χ4v) is 3.39. The van der Waals surface area contributed by atoms with E-state index in [4.69, 9.17) is 10.9 Å². The fraction of sp³-hybridized carbons (Fsp3) is 0.500. The fourth-order valence-electron chi connectivity index (χ4n) is 2.85. The highest BCUT2D eigenvalue weighted by atomic mass is 79.9. The molecule has 110 valence electrons. The van der Waals surface area contributed by atoms with Gasteiger partial charge in [0.05, 0.1) is 10.2 Å². The highest BCUT2D eigenvalue weighted by Crippen LogP contribution is 2.34. The molecule has 1 aliphatic carbocycles. The lowest BCUT2D eigenvalue weighted by Crippen LogP contribution is -2.34. The molecular formula is C14H19BrFN3O. The van der Waals surface area contributed by atoms with Crippen molar-refractivity contribution in [2.45, 2.75) is 38.6 Å². The Kier molecular flexibility index (Phi) is 4.86. The van der Waals surface area contributed by atoms with Crippen molar-refractivity contribution in [3.8, 4) is 0 Å². The van der Waals surface area contributed by atoms with E-state index in [0.29, 0.717) is 17.3 Å². The quantitative estimate of drug-likeness (QED) is 0.381. The molecule has 0 heterocycles. The van der Waals surface area contributed by atoms with Crippen molar-refractivity contribution >= 4 is 27.5 Å². The summed E-state index contributed by atoms with van der Waals surface area (Å²) in [6.45, 7) is 2.79. The van der Waals surface area contributed by atoms with Gasteiger partial charge in [0, 0.05) is 18.2 Å². The summed E-state index contributed by atoms with van der Waals surface area (Å²) >= 11 is 3.20. The van der Waals surface area contributed by atoms with Gasteiger partial charge in [0.2, 0.25) is 0 Å². The van der Waals surface area contributed by atoms with E-state index in [1.165, 1.54) is 12.8 Å². The molecule has 0 saturated heterocycles. The molecule has 0 bridgehead atoms. The van der Waals surface area contributed by atoms with E-state index in [2.05, 4.69) is 26.0 Å². The third-order valence-corrected chi connectivity index (χ3v) is 4.64. The first kappa shape index (κ1) is 15.1. The van der Waals surface area contributed by atoms with Crippen molar-refractivity contribution < 1.29 is 9.60 Å². The molecule has 1 fully saturated rings. The maximum Gasteiger partial charge on any atom is 0.171 e. The van der Waals surface area contributed by atoms with Crippen LogP contribution < -0.4 is 10.6 Å². The number of nitrogens with two attached hydrogens (primary N) is 1. The Labute approximate surface area is 126 Å². The van der Waals surface area contributed by atoms with E-state index >= 15 is 0 Å². The third kappa shape index (κ3) is 2.75. The Hall–Kier alpha value is -1.30. The van der Waals surface area contributed by atoms with Crippen molar-refractivity contribution in [2.75, 3.05) is 11.4 Å². The van der Waals surface area contributed by atoms with E-state index in [1.54, 1.807) is 12.1 Å². The number of anilines is 1. The minimum Gasteiger partial charge on any atom is -0.409 e. The molecule has 0 spiro atoms. The maximum absolute atomic E-state index is 14.6. The molecule has 3 N–H and O–H groups in total. The number of halogens is 2. The Bertz CT molecular complexity index is 515. The molecule has 0 unspecified atom stereocenters. The lowest BCUT2D eigenvalue weighted by molar-refractivity contribution is 0.318. The van der Waals surface area contributed by atoms with Crippen LogP contribution in [0.3, 0.4) is 0 Å². The number of nitrogens with zero attached hydrogens (tertiary/aromatic N) is 2. The molecule has 0 aliphatic heterocycles. The van der Waals surface area contributed by atoms with Gasteiger partial charge in [0.15, 0.2) is 11.7 Å². The molecule has 0 atom stereocenters. The third-order valence-electron chi connectivity index (χ3n) is 3.86. The second-order valence-corrected chi connectivity index (χ2v) is 5.76. The first-order chi connectivity index (χ1) is 9.60. The Balaban J connectivity index is 2.39. The van der Waals surface area contributed by atoms with Crippen LogP contribution >= 0.6 is 15.9 Å². The minimum absolute atomic E-state index is 0.105. The van der Waals surface area contributed by atoms with Gasteiger partial charge in [0.1, 0.15) is 0 Å². The monoisotopic (exact) mass is 343 g/mol. The topological polar surface area (TPSA) is 61.8 Å². The van der Waals surface area contributed by atoms with E-state index in [1.807, 2.05) is 6.92 Å². The summed E-state index contributed by atoms with van der Waals surface area (Å²) in [6.07, 6.45) is 4.61. The molecule has 1 aromatic carbocycles. The van der Waals surface area contributed by atoms with Crippen LogP contribution in [-0.2, 0) is 0 Å². The van der Waals surface area contributed by atoms with Gasteiger partial charge < -0.3 is 15.8 Å². The molecule has 20 heavy (non-hydrogen) atoms. The summed E-state index contributed by atoms with van der Waals surface area (Å²) in [6, 6.07) is 3.78. The maximum atomic E-state index is 14.6. The predicted octanol–water partition coefficient (Wildman–Crippen LogP) is 3.45. The average molecular weight is 344 g/mol. The van der Waals surface area contributed by atoms with Crippen molar-refractivity contribution in [3.63, 3.8) is 0 Å². The van der Waals surface area contributed by atoms with Crippen LogP contribution in [0.5, 0.6) is 0 Å². The molecule has 2 rings (SSSR count). The molecule has 0 amide bonds. The van der Waals surface area contributed by atoms with Gasteiger partial charge >= 0.3 is 0 Å². The van der Waals surface area contributed by atoms with Crippen LogP contribution in [0.2, 0.25) is 0 Å². The summed E-state index contributed by atoms with van der Waals surface area (Å²) in [4.78, 5) is 2.10. The number of oxime groups is 1. The highest BCUT2D eigenvalue weighted by molar-refractivity contribution is 9.10. The van der Waals surface area contributed by atoms with E-state index < -0.39 is 0 Å². The summed E-state index contributed by atoms with van der Waals surface area (Å²) < 4.78 is 14.8. The predicted molar refractivity (Wildman–Crippen MR) is 81.9 cm³/mol. The van der Waals surface area contributed by atoms with Crippen LogP contribution in [0.1, 0.15) is 38.2 Å². The zero-order valence-corrected chi connectivity index (χ0v) is 13.0. The van der Waals surface area contributed by atoms with Gasteiger partial charge in [0.25, 0.3) is 0 Å². The molecular weight excluding hydrogens is 325 g/mol. The van der Waals surface area contributed by atoms with Crippen molar-refractivity contribution in [2.24, 2.45) is 10.9 Å². The van der Waals surface area contributed by atoms with E-state index in [9.17, 15) is 4.39 Å². The van der Waals surface area contributed by atoms with Gasteiger partial charge in [-0.05, 0) is 47.8 Å². The van der Waals surface area contributed by atoms with Crippen molar-refractivity contribution in [3.05, 3.63) is 28.0 Å². The Morgan fingerprint density at radius 1 is 1.50 bits per heavy atom. The molecule has 0 radical (unpaired) electrons. The molecule has 1 saturated carbocycles. The first-order valence-electron chi connectivity index (χ1n) is 6.82. The second-order valence-electron chi connectivity index (χ2n) is 4.97. The standard InChI is InChI=1S/C14H19BrFN3O/c1-2-19(9-5-3-4-6-9)11-8-7-10(14(17)18-20)12(15)13(11)16/h7-9,20H,2-6H2,1H3,(H2,17,18). The van der Waals surface area contributed by atoms with Crippen LogP contribution in [-0.4, -0.2) is 23.6 Å². The SMILES string of the molecule is CCN(c1ccc(/C(N)=N/O)c(Br)c1F)C1CCCC1. The number of amidine groups is 1. The summed E-state index contributed by atoms with van der Waals surface area (Å²) in [7, 11) is 0. The molecule has 1 aliphatic rings. The zero-order chi connectivity index (χ0) is 14.7. The molecule has 1 aromatic rings. The molecule has 4 nitrogen and oxygen atoms in total. The van der Waals surface area contributed by atoms with Gasteiger partial charge in [-0.15, -0.1) is 0 Å². The van der Waals surface area contributed by atoms with E-state index in [0.717, 1.165) is 19.4 Å². The number of hydrogen-bond donors (Lipinski definition) is 2. The van der Waals surface area contributed by atoms with E-state index in [-0.39, 0.29) is 16.1 Å². The van der Waals surface area contributed by atoms with Gasteiger partial charge in [-0.1, -0.05) is 18.0 Å². The van der Waals surface area contributed by atoms with Crippen LogP contribution in [0.15, 0.2) is 21.8 Å². The van der Waals surface area contributed by atoms with Crippen LogP contribution in [0.25, 0.3) is 0 Å². The number of rotatable bonds is 4. The normalized spacial score (nSPS) is 16.6. The molecule has 6 heteroatoms. The smallest absolute Gasteiger partial charge is 0.171 e. The second kappa shape index (κ2) is 6.43. The minimum atomic E-state index is -0.358. The Morgan fingerprint density at radius 2 is 2.15 bits per heavy atom. The van der Waals surface area contributed by atoms with Crippen LogP contribution in [0.4, 0.5) is 10.1 Å². The lowest BCUT2D eigenvalue weighted by atomic mass is 10.1. The number of benzene rings is 1. The van der Waals surface area contributed by atoms with Gasteiger partial charge in [-0.25, -0.2) is 4.39 Å². The number of hydrogen-bond acceptors (Lipinski definition) is 3. The molecule has 0 aromatic heterocycles. The highest BCUT2D eigenvalue weighted by Gasteiger charge is 2.25. The van der Waals surface area contributed by atoms with Crippen molar-refractivity contribution in [1.82, 2.24) is 0 Å². The van der Waals surface area contributed by atoms with Crippen molar-refractivity contribution in [1.29, 1.82) is 0 Å². The zero-order valence-electron chi connectivity index (χ0n) is 11.4. The average Bonchev–Trinajstić information content (AvgIpc) is 2.97. The summed E-state index contributed by atoms with van der Waals surface area (Å²) in [5.74, 6) is -0.464. The van der Waals surface area contributed by atoms with Gasteiger partial charge in [-0.3, -0.25) is 0 Å². The lowest BCUT2D eigenvalue weighted by Gasteiger charge is -2.30. The largest absolute Gasteiger partial charge is 0.409 e.